The summed E-state index contributed by atoms with van der Waals surface area (Å²) in [6, 6.07) is 2.60. The lowest BCUT2D eigenvalue weighted by atomic mass is 9.84. The van der Waals surface area contributed by atoms with Crippen LogP contribution in [0.15, 0.2) is 6.07 Å². The number of rotatable bonds is 4. The zero-order valence-electron chi connectivity index (χ0n) is 13.0. The highest BCUT2D eigenvalue weighted by atomic mass is 16.5. The summed E-state index contributed by atoms with van der Waals surface area (Å²) in [6.45, 7) is 4.78. The van der Waals surface area contributed by atoms with Gasteiger partial charge in [0, 0.05) is 31.7 Å². The monoisotopic (exact) mass is 304 g/mol. The second kappa shape index (κ2) is 6.01. The van der Waals surface area contributed by atoms with Gasteiger partial charge >= 0.3 is 0 Å². The Balaban J connectivity index is 1.36. The van der Waals surface area contributed by atoms with Gasteiger partial charge in [-0.2, -0.15) is 5.10 Å². The molecule has 0 aromatic carbocycles. The maximum absolute atomic E-state index is 12.4. The molecule has 6 heteroatoms. The summed E-state index contributed by atoms with van der Waals surface area (Å²) < 4.78 is 7.44. The van der Waals surface area contributed by atoms with Gasteiger partial charge in [-0.05, 0) is 25.3 Å². The van der Waals surface area contributed by atoms with Crippen LogP contribution in [0.4, 0.5) is 0 Å². The highest BCUT2D eigenvalue weighted by molar-refractivity contribution is 5.79. The molecule has 1 saturated heterocycles. The molecule has 1 saturated carbocycles. The number of fused-ring (bicyclic) bond motifs is 1. The molecular formula is C16H24N4O2. The van der Waals surface area contributed by atoms with Crippen molar-refractivity contribution in [3.8, 4) is 0 Å². The first-order chi connectivity index (χ1) is 10.8. The summed E-state index contributed by atoms with van der Waals surface area (Å²) in [5.74, 6) is 0.638. The third-order valence-corrected chi connectivity index (χ3v) is 5.12. The quantitative estimate of drug-likeness (QED) is 0.898. The van der Waals surface area contributed by atoms with Crippen molar-refractivity contribution in [2.24, 2.45) is 5.92 Å². The van der Waals surface area contributed by atoms with E-state index in [1.165, 1.54) is 12.1 Å². The van der Waals surface area contributed by atoms with E-state index in [1.54, 1.807) is 0 Å². The molecule has 3 aliphatic rings. The van der Waals surface area contributed by atoms with Crippen LogP contribution in [0.3, 0.4) is 0 Å². The molecule has 2 fully saturated rings. The first kappa shape index (κ1) is 14.2. The molecule has 6 nitrogen and oxygen atoms in total. The van der Waals surface area contributed by atoms with Crippen LogP contribution in [0.25, 0.3) is 0 Å². The topological polar surface area (TPSA) is 59.4 Å². The molecule has 0 spiro atoms. The average molecular weight is 304 g/mol. The normalized spacial score (nSPS) is 25.1. The van der Waals surface area contributed by atoms with E-state index in [4.69, 9.17) is 4.74 Å². The third kappa shape index (κ3) is 2.77. The van der Waals surface area contributed by atoms with E-state index in [1.807, 2.05) is 4.90 Å². The minimum absolute atomic E-state index is 0.290. The van der Waals surface area contributed by atoms with Crippen molar-refractivity contribution >= 4 is 5.91 Å². The second-order valence-electron chi connectivity index (χ2n) is 6.68. The van der Waals surface area contributed by atoms with Crippen LogP contribution in [0.1, 0.15) is 37.1 Å². The molecule has 2 aliphatic heterocycles. The van der Waals surface area contributed by atoms with E-state index in [-0.39, 0.29) is 5.92 Å². The fourth-order valence-corrected chi connectivity index (χ4v) is 3.46. The Hall–Kier alpha value is -1.40. The largest absolute Gasteiger partial charge is 0.380 e. The van der Waals surface area contributed by atoms with E-state index in [0.717, 1.165) is 64.3 Å². The van der Waals surface area contributed by atoms with Crippen LogP contribution in [-0.4, -0.2) is 46.4 Å². The summed E-state index contributed by atoms with van der Waals surface area (Å²) in [7, 11) is 0. The van der Waals surface area contributed by atoms with Gasteiger partial charge in [0.2, 0.25) is 5.91 Å². The maximum atomic E-state index is 12.4. The third-order valence-electron chi connectivity index (χ3n) is 5.12. The van der Waals surface area contributed by atoms with Crippen LogP contribution in [0, 0.1) is 5.92 Å². The van der Waals surface area contributed by atoms with E-state index in [2.05, 4.69) is 21.2 Å². The zero-order chi connectivity index (χ0) is 14.9. The average Bonchev–Trinajstić information content (AvgIpc) is 3.11. The maximum Gasteiger partial charge on any atom is 0.226 e. The summed E-state index contributed by atoms with van der Waals surface area (Å²) in [5.41, 5.74) is 2.23. The summed E-state index contributed by atoms with van der Waals surface area (Å²) in [6.07, 6.45) is 4.45. The molecule has 0 radical (unpaired) electrons. The molecule has 1 aromatic rings. The van der Waals surface area contributed by atoms with Crippen LogP contribution < -0.4 is 5.32 Å². The number of carbonyl (C=O) groups excluding carboxylic acids is 1. The molecule has 1 amide bonds. The van der Waals surface area contributed by atoms with Crippen LogP contribution >= 0.6 is 0 Å². The van der Waals surface area contributed by atoms with E-state index >= 15 is 0 Å². The number of carbonyl (C=O) groups is 1. The van der Waals surface area contributed by atoms with Crippen molar-refractivity contribution in [1.29, 1.82) is 0 Å². The molecule has 3 heterocycles. The lowest BCUT2D eigenvalue weighted by Crippen LogP contribution is -2.43. The lowest BCUT2D eigenvalue weighted by Gasteiger charge is -2.34. The number of nitrogens with zero attached hydrogens (tertiary/aromatic N) is 3. The zero-order valence-corrected chi connectivity index (χ0v) is 13.0. The Morgan fingerprint density at radius 2 is 2.27 bits per heavy atom. The summed E-state index contributed by atoms with van der Waals surface area (Å²) in [5, 5.41) is 8.16. The SMILES string of the molecule is O=C(C1CCC1)N1CCn2nc(CN[C@@H]3CCOC3)cc2C1. The van der Waals surface area contributed by atoms with E-state index in [9.17, 15) is 4.79 Å². The number of aromatic nitrogens is 2. The Morgan fingerprint density at radius 3 is 3.00 bits per heavy atom. The molecule has 1 atom stereocenters. The first-order valence-corrected chi connectivity index (χ1v) is 8.45. The number of hydrogen-bond donors (Lipinski definition) is 1. The fourth-order valence-electron chi connectivity index (χ4n) is 3.46. The van der Waals surface area contributed by atoms with Gasteiger partial charge in [-0.25, -0.2) is 0 Å². The first-order valence-electron chi connectivity index (χ1n) is 8.45. The predicted octanol–water partition coefficient (Wildman–Crippen LogP) is 0.904. The fraction of sp³-hybridized carbons (Fsp3) is 0.750. The van der Waals surface area contributed by atoms with Gasteiger partial charge in [0.25, 0.3) is 0 Å². The number of ether oxygens (including phenoxy) is 1. The lowest BCUT2D eigenvalue weighted by molar-refractivity contribution is -0.139. The molecule has 0 bridgehead atoms. The van der Waals surface area contributed by atoms with Crippen molar-refractivity contribution in [3.63, 3.8) is 0 Å². The van der Waals surface area contributed by atoms with Gasteiger partial charge in [0.15, 0.2) is 0 Å². The minimum atomic E-state index is 0.290. The standard InChI is InChI=1S/C16H24N4O2/c21-16(12-2-1-3-12)19-5-6-20-15(10-19)8-14(18-20)9-17-13-4-7-22-11-13/h8,12-13,17H,1-7,9-11H2/t13-/m1/s1. The Kier molecular flexibility index (Phi) is 3.88. The molecule has 1 N–H and O–H groups in total. The van der Waals surface area contributed by atoms with Gasteiger partial charge in [-0.1, -0.05) is 6.42 Å². The second-order valence-corrected chi connectivity index (χ2v) is 6.68. The Bertz CT molecular complexity index is 546. The van der Waals surface area contributed by atoms with Crippen molar-refractivity contribution in [1.82, 2.24) is 20.0 Å². The van der Waals surface area contributed by atoms with Crippen LogP contribution in [0.2, 0.25) is 0 Å². The van der Waals surface area contributed by atoms with Gasteiger partial charge < -0.3 is 15.0 Å². The van der Waals surface area contributed by atoms with Crippen molar-refractivity contribution in [2.75, 3.05) is 19.8 Å². The summed E-state index contributed by atoms with van der Waals surface area (Å²) in [4.78, 5) is 14.4. The molecule has 120 valence electrons. The number of hydrogen-bond acceptors (Lipinski definition) is 4. The minimum Gasteiger partial charge on any atom is -0.380 e. The smallest absolute Gasteiger partial charge is 0.226 e. The molecule has 4 rings (SSSR count). The van der Waals surface area contributed by atoms with Gasteiger partial charge in [0.05, 0.1) is 31.1 Å². The predicted molar refractivity (Wildman–Crippen MR) is 81.0 cm³/mol. The van der Waals surface area contributed by atoms with Gasteiger partial charge in [0.1, 0.15) is 0 Å². The Morgan fingerprint density at radius 1 is 1.36 bits per heavy atom. The number of nitrogens with one attached hydrogen (secondary N) is 1. The van der Waals surface area contributed by atoms with Crippen molar-refractivity contribution < 1.29 is 9.53 Å². The van der Waals surface area contributed by atoms with Crippen LogP contribution in [-0.2, 0) is 29.2 Å². The molecule has 1 aliphatic carbocycles. The Labute approximate surface area is 130 Å². The van der Waals surface area contributed by atoms with Gasteiger partial charge in [-0.15, -0.1) is 0 Å². The van der Waals surface area contributed by atoms with Gasteiger partial charge in [-0.3, -0.25) is 9.48 Å². The molecule has 22 heavy (non-hydrogen) atoms. The molecule has 0 unspecified atom stereocenters. The van der Waals surface area contributed by atoms with Crippen molar-refractivity contribution in [2.45, 2.75) is 51.4 Å². The van der Waals surface area contributed by atoms with Crippen molar-refractivity contribution in [3.05, 3.63) is 17.5 Å². The highest BCUT2D eigenvalue weighted by Crippen LogP contribution is 2.29. The van der Waals surface area contributed by atoms with E-state index in [0.29, 0.717) is 11.9 Å². The van der Waals surface area contributed by atoms with E-state index < -0.39 is 0 Å². The molecule has 1 aromatic heterocycles. The summed E-state index contributed by atoms with van der Waals surface area (Å²) >= 11 is 0. The van der Waals surface area contributed by atoms with Crippen LogP contribution in [0.5, 0.6) is 0 Å². The highest BCUT2D eigenvalue weighted by Gasteiger charge is 2.31. The number of amides is 1. The molecular weight excluding hydrogens is 280 g/mol.